The number of aromatic nitrogens is 2. The zero-order valence-corrected chi connectivity index (χ0v) is 16.6. The summed E-state index contributed by atoms with van der Waals surface area (Å²) in [6.07, 6.45) is 1.28. The predicted molar refractivity (Wildman–Crippen MR) is 111 cm³/mol. The number of esters is 1. The minimum absolute atomic E-state index is 0.0496. The average molecular weight is 407 g/mol. The van der Waals surface area contributed by atoms with Crippen molar-refractivity contribution in [2.24, 2.45) is 0 Å². The topological polar surface area (TPSA) is 75.3 Å². The smallest absolute Gasteiger partial charge is 0.356 e. The van der Waals surface area contributed by atoms with E-state index < -0.39 is 5.97 Å². The first-order valence-electron chi connectivity index (χ1n) is 9.88. The van der Waals surface area contributed by atoms with E-state index in [9.17, 15) is 14.0 Å². The monoisotopic (exact) mass is 407 g/mol. The number of aromatic amines is 1. The lowest BCUT2D eigenvalue weighted by Gasteiger charge is -2.33. The van der Waals surface area contributed by atoms with Crippen molar-refractivity contribution in [1.29, 1.82) is 0 Å². The zero-order chi connectivity index (χ0) is 21.1. The van der Waals surface area contributed by atoms with E-state index in [2.05, 4.69) is 15.1 Å². The summed E-state index contributed by atoms with van der Waals surface area (Å²) in [5, 5.41) is 6.82. The Kier molecular flexibility index (Phi) is 5.61. The Morgan fingerprint density at radius 1 is 1.07 bits per heavy atom. The number of carbonyl (C=O) groups excluding carboxylic acids is 2. The second-order valence-electron chi connectivity index (χ2n) is 7.37. The molecule has 1 N–H and O–H groups in total. The van der Waals surface area contributed by atoms with Gasteiger partial charge in [0.25, 0.3) is 0 Å². The van der Waals surface area contributed by atoms with E-state index in [1.54, 1.807) is 25.1 Å². The summed E-state index contributed by atoms with van der Waals surface area (Å²) in [7, 11) is 0. The number of hydrogen-bond donors (Lipinski definition) is 1. The van der Waals surface area contributed by atoms with Gasteiger partial charge in [-0.05, 0) is 61.5 Å². The van der Waals surface area contributed by atoms with Crippen molar-refractivity contribution in [2.75, 3.05) is 18.0 Å². The van der Waals surface area contributed by atoms with Crippen LogP contribution >= 0.6 is 0 Å². The van der Waals surface area contributed by atoms with E-state index in [-0.39, 0.29) is 23.4 Å². The molecule has 7 heteroatoms. The highest BCUT2D eigenvalue weighted by atomic mass is 19.1. The molecule has 0 aliphatic carbocycles. The molecule has 2 aromatic carbocycles. The van der Waals surface area contributed by atoms with Crippen LogP contribution in [0, 0.1) is 5.82 Å². The standard InChI is InChI=1S/C23H22FN3O3/c1-15(28)16-4-8-19(9-5-16)27-12-10-20(11-13-27)30-23(29)22-14-21(25-26-22)17-2-6-18(24)7-3-17/h2-9,14,20H,10-13H2,1H3,(H,25,26). The van der Waals surface area contributed by atoms with Crippen molar-refractivity contribution in [3.05, 3.63) is 71.7 Å². The first-order valence-corrected chi connectivity index (χ1v) is 9.88. The molecule has 0 bridgehead atoms. The Balaban J connectivity index is 1.32. The molecule has 154 valence electrons. The van der Waals surface area contributed by atoms with Gasteiger partial charge in [0.15, 0.2) is 5.78 Å². The van der Waals surface area contributed by atoms with Gasteiger partial charge in [0.05, 0.1) is 5.69 Å². The molecule has 1 aromatic heterocycles. The van der Waals surface area contributed by atoms with Crippen molar-refractivity contribution in [3.8, 4) is 11.3 Å². The molecule has 1 fully saturated rings. The molecule has 3 aromatic rings. The third-order valence-electron chi connectivity index (χ3n) is 5.29. The number of anilines is 1. The van der Waals surface area contributed by atoms with E-state index in [0.717, 1.165) is 37.2 Å². The lowest BCUT2D eigenvalue weighted by molar-refractivity contribution is 0.0238. The summed E-state index contributed by atoms with van der Waals surface area (Å²) in [5.74, 6) is -0.719. The summed E-state index contributed by atoms with van der Waals surface area (Å²) < 4.78 is 18.7. The lowest BCUT2D eigenvalue weighted by Crippen LogP contribution is -2.37. The van der Waals surface area contributed by atoms with Crippen molar-refractivity contribution in [3.63, 3.8) is 0 Å². The van der Waals surface area contributed by atoms with Crippen LogP contribution in [0.2, 0.25) is 0 Å². The van der Waals surface area contributed by atoms with Gasteiger partial charge in [-0.2, -0.15) is 5.10 Å². The van der Waals surface area contributed by atoms with Crippen LogP contribution in [0.25, 0.3) is 11.3 Å². The fourth-order valence-corrected chi connectivity index (χ4v) is 3.55. The Morgan fingerprint density at radius 3 is 2.37 bits per heavy atom. The number of nitrogens with one attached hydrogen (secondary N) is 1. The molecule has 2 heterocycles. The normalized spacial score (nSPS) is 14.5. The number of carbonyl (C=O) groups is 2. The minimum atomic E-state index is -0.444. The summed E-state index contributed by atoms with van der Waals surface area (Å²) in [5.41, 5.74) is 3.31. The molecule has 1 aliphatic rings. The summed E-state index contributed by atoms with van der Waals surface area (Å²) >= 11 is 0. The van der Waals surface area contributed by atoms with Crippen LogP contribution in [-0.2, 0) is 4.74 Å². The Bertz CT molecular complexity index is 1040. The Labute approximate surface area is 173 Å². The van der Waals surface area contributed by atoms with Gasteiger partial charge in [0.1, 0.15) is 17.6 Å². The average Bonchev–Trinajstić information content (AvgIpc) is 3.25. The van der Waals surface area contributed by atoms with Crippen LogP contribution in [0.4, 0.5) is 10.1 Å². The summed E-state index contributed by atoms with van der Waals surface area (Å²) in [6.45, 7) is 3.08. The molecule has 0 saturated carbocycles. The number of benzene rings is 2. The molecule has 1 aliphatic heterocycles. The number of hydrogen-bond acceptors (Lipinski definition) is 5. The van der Waals surface area contributed by atoms with Gasteiger partial charge in [-0.1, -0.05) is 0 Å². The fraction of sp³-hybridized carbons (Fsp3) is 0.261. The second-order valence-corrected chi connectivity index (χ2v) is 7.37. The van der Waals surface area contributed by atoms with Crippen molar-refractivity contribution < 1.29 is 18.7 Å². The molecule has 0 spiro atoms. The van der Waals surface area contributed by atoms with E-state index in [1.807, 2.05) is 24.3 Å². The summed E-state index contributed by atoms with van der Waals surface area (Å²) in [6, 6.07) is 15.1. The predicted octanol–water partition coefficient (Wildman–Crippen LogP) is 4.24. The van der Waals surface area contributed by atoms with Crippen LogP contribution in [0.3, 0.4) is 0 Å². The molecule has 0 unspecified atom stereocenters. The molecule has 0 radical (unpaired) electrons. The lowest BCUT2D eigenvalue weighted by atomic mass is 10.1. The zero-order valence-electron chi connectivity index (χ0n) is 16.6. The number of halogens is 1. The van der Waals surface area contributed by atoms with Gasteiger partial charge in [-0.25, -0.2) is 9.18 Å². The van der Waals surface area contributed by atoms with Gasteiger partial charge in [0.2, 0.25) is 0 Å². The molecule has 1 saturated heterocycles. The highest BCUT2D eigenvalue weighted by Crippen LogP contribution is 2.23. The van der Waals surface area contributed by atoms with Crippen LogP contribution < -0.4 is 4.90 Å². The first-order chi connectivity index (χ1) is 14.5. The second kappa shape index (κ2) is 8.49. The number of piperidine rings is 1. The van der Waals surface area contributed by atoms with Crippen molar-refractivity contribution in [1.82, 2.24) is 10.2 Å². The highest BCUT2D eigenvalue weighted by Gasteiger charge is 2.24. The van der Waals surface area contributed by atoms with Gasteiger partial charge in [0, 0.05) is 42.7 Å². The summed E-state index contributed by atoms with van der Waals surface area (Å²) in [4.78, 5) is 26.1. The maximum atomic E-state index is 13.1. The number of H-pyrrole nitrogens is 1. The highest BCUT2D eigenvalue weighted by molar-refractivity contribution is 5.94. The van der Waals surface area contributed by atoms with Crippen LogP contribution in [0.5, 0.6) is 0 Å². The Morgan fingerprint density at radius 2 is 1.73 bits per heavy atom. The minimum Gasteiger partial charge on any atom is -0.458 e. The van der Waals surface area contributed by atoms with Crippen molar-refractivity contribution >= 4 is 17.4 Å². The first kappa shape index (κ1) is 19.8. The molecule has 30 heavy (non-hydrogen) atoms. The SMILES string of the molecule is CC(=O)c1ccc(N2CCC(OC(=O)c3cc(-c4ccc(F)cc4)n[nH]3)CC2)cc1. The third kappa shape index (κ3) is 4.40. The molecule has 4 rings (SSSR count). The van der Waals surface area contributed by atoms with E-state index >= 15 is 0 Å². The number of ketones is 1. The van der Waals surface area contributed by atoms with Crippen LogP contribution in [-0.4, -0.2) is 41.1 Å². The van der Waals surface area contributed by atoms with E-state index in [4.69, 9.17) is 4.74 Å². The van der Waals surface area contributed by atoms with Crippen LogP contribution in [0.1, 0.15) is 40.6 Å². The largest absolute Gasteiger partial charge is 0.458 e. The van der Waals surface area contributed by atoms with Gasteiger partial charge < -0.3 is 9.64 Å². The third-order valence-corrected chi connectivity index (χ3v) is 5.29. The van der Waals surface area contributed by atoms with Gasteiger partial charge in [-0.15, -0.1) is 0 Å². The van der Waals surface area contributed by atoms with Gasteiger partial charge >= 0.3 is 5.97 Å². The molecule has 0 atom stereocenters. The Hall–Kier alpha value is -3.48. The fourth-order valence-electron chi connectivity index (χ4n) is 3.55. The van der Waals surface area contributed by atoms with E-state index in [1.165, 1.54) is 12.1 Å². The molecular weight excluding hydrogens is 385 g/mol. The number of nitrogens with zero attached hydrogens (tertiary/aromatic N) is 2. The molecule has 6 nitrogen and oxygen atoms in total. The molecular formula is C23H22FN3O3. The van der Waals surface area contributed by atoms with E-state index in [0.29, 0.717) is 11.3 Å². The van der Waals surface area contributed by atoms with Gasteiger partial charge in [-0.3, -0.25) is 9.89 Å². The quantitative estimate of drug-likeness (QED) is 0.506. The van der Waals surface area contributed by atoms with Crippen molar-refractivity contribution in [2.45, 2.75) is 25.9 Å². The van der Waals surface area contributed by atoms with Crippen LogP contribution in [0.15, 0.2) is 54.6 Å². The number of rotatable bonds is 5. The molecule has 0 amide bonds. The number of ether oxygens (including phenoxy) is 1. The maximum absolute atomic E-state index is 13.1. The maximum Gasteiger partial charge on any atom is 0.356 e. The number of Topliss-reactive ketones (excluding diaryl/α,β-unsaturated/α-hetero) is 1.